The lowest BCUT2D eigenvalue weighted by Gasteiger charge is -2.22. The molecule has 0 atom stereocenters. The normalized spacial score (nSPS) is 11.2. The lowest BCUT2D eigenvalue weighted by atomic mass is 9.90. The van der Waals surface area contributed by atoms with Gasteiger partial charge < -0.3 is 15.8 Å². The average Bonchev–Trinajstić information content (AvgIpc) is 2.43. The fourth-order valence-corrected chi connectivity index (χ4v) is 1.47. The van der Waals surface area contributed by atoms with Gasteiger partial charge in [-0.3, -0.25) is 4.79 Å². The van der Waals surface area contributed by atoms with Crippen LogP contribution in [0.4, 0.5) is 0 Å². The van der Waals surface area contributed by atoms with Crippen molar-refractivity contribution in [3.63, 3.8) is 0 Å². The largest absolute Gasteiger partial charge is 0.483 e. The topological polar surface area (TPSA) is 64.3 Å². The number of benzene rings is 1. The molecule has 0 aliphatic heterocycles. The van der Waals surface area contributed by atoms with Crippen molar-refractivity contribution in [3.8, 4) is 5.75 Å². The Balaban J connectivity index is 2.42. The summed E-state index contributed by atoms with van der Waals surface area (Å²) in [5.74, 6) is 0.572. The SMILES string of the molecule is CCC(C)(C)CNC(=O)COc1ccccc1CN. The van der Waals surface area contributed by atoms with E-state index < -0.39 is 0 Å². The second kappa shape index (κ2) is 7.14. The van der Waals surface area contributed by atoms with Crippen molar-refractivity contribution in [1.82, 2.24) is 5.32 Å². The van der Waals surface area contributed by atoms with E-state index in [0.29, 0.717) is 18.8 Å². The summed E-state index contributed by atoms with van der Waals surface area (Å²) in [6.07, 6.45) is 1.02. The van der Waals surface area contributed by atoms with Crippen molar-refractivity contribution in [3.05, 3.63) is 29.8 Å². The number of hydrogen-bond donors (Lipinski definition) is 2. The van der Waals surface area contributed by atoms with E-state index in [1.807, 2.05) is 24.3 Å². The van der Waals surface area contributed by atoms with Crippen LogP contribution < -0.4 is 15.8 Å². The third kappa shape index (κ3) is 5.30. The number of nitrogens with two attached hydrogens (primary N) is 1. The number of nitrogens with one attached hydrogen (secondary N) is 1. The predicted molar refractivity (Wildman–Crippen MR) is 76.9 cm³/mol. The van der Waals surface area contributed by atoms with Crippen LogP contribution in [0.3, 0.4) is 0 Å². The molecule has 1 aromatic rings. The van der Waals surface area contributed by atoms with Crippen LogP contribution in [-0.4, -0.2) is 19.1 Å². The van der Waals surface area contributed by atoms with Crippen LogP contribution >= 0.6 is 0 Å². The standard InChI is InChI=1S/C15H24N2O2/c1-4-15(2,3)11-17-14(18)10-19-13-8-6-5-7-12(13)9-16/h5-8H,4,9-11,16H2,1-3H3,(H,17,18). The molecule has 0 bridgehead atoms. The fraction of sp³-hybridized carbons (Fsp3) is 0.533. The van der Waals surface area contributed by atoms with Crippen molar-refractivity contribution in [2.24, 2.45) is 11.1 Å². The van der Waals surface area contributed by atoms with E-state index in [9.17, 15) is 4.79 Å². The third-order valence-electron chi connectivity index (χ3n) is 3.27. The summed E-state index contributed by atoms with van der Waals surface area (Å²) in [5.41, 5.74) is 6.63. The second-order valence-electron chi connectivity index (χ2n) is 5.40. The maximum absolute atomic E-state index is 11.7. The Morgan fingerprint density at radius 2 is 2.05 bits per heavy atom. The Hall–Kier alpha value is -1.55. The summed E-state index contributed by atoms with van der Waals surface area (Å²) < 4.78 is 5.50. The molecule has 0 saturated carbocycles. The van der Waals surface area contributed by atoms with E-state index in [-0.39, 0.29) is 17.9 Å². The number of ether oxygens (including phenoxy) is 1. The summed E-state index contributed by atoms with van der Waals surface area (Å²) in [6, 6.07) is 7.49. The van der Waals surface area contributed by atoms with Gasteiger partial charge in [0.2, 0.25) is 0 Å². The molecule has 0 radical (unpaired) electrons. The summed E-state index contributed by atoms with van der Waals surface area (Å²) in [5, 5.41) is 2.89. The first-order valence-electron chi connectivity index (χ1n) is 6.66. The van der Waals surface area contributed by atoms with E-state index in [4.69, 9.17) is 10.5 Å². The number of carbonyl (C=O) groups is 1. The van der Waals surface area contributed by atoms with E-state index >= 15 is 0 Å². The zero-order valence-corrected chi connectivity index (χ0v) is 12.0. The fourth-order valence-electron chi connectivity index (χ4n) is 1.47. The number of amides is 1. The number of carbonyl (C=O) groups excluding carboxylic acids is 1. The first kappa shape index (κ1) is 15.5. The Morgan fingerprint density at radius 1 is 1.37 bits per heavy atom. The van der Waals surface area contributed by atoms with Crippen LogP contribution in [0.2, 0.25) is 0 Å². The Kier molecular flexibility index (Phi) is 5.83. The van der Waals surface area contributed by atoms with Gasteiger partial charge >= 0.3 is 0 Å². The average molecular weight is 264 g/mol. The quantitative estimate of drug-likeness (QED) is 0.792. The highest BCUT2D eigenvalue weighted by Gasteiger charge is 2.16. The molecular formula is C15H24N2O2. The molecule has 0 saturated heterocycles. The molecule has 0 aromatic heterocycles. The van der Waals surface area contributed by atoms with Crippen molar-refractivity contribution < 1.29 is 9.53 Å². The molecule has 106 valence electrons. The molecule has 4 nitrogen and oxygen atoms in total. The number of hydrogen-bond acceptors (Lipinski definition) is 3. The van der Waals surface area contributed by atoms with Gasteiger partial charge in [-0.1, -0.05) is 39.0 Å². The molecular weight excluding hydrogens is 240 g/mol. The lowest BCUT2D eigenvalue weighted by molar-refractivity contribution is -0.123. The minimum Gasteiger partial charge on any atom is -0.483 e. The summed E-state index contributed by atoms with van der Waals surface area (Å²) in [7, 11) is 0. The van der Waals surface area contributed by atoms with Crippen LogP contribution in [0.5, 0.6) is 5.75 Å². The predicted octanol–water partition coefficient (Wildman–Crippen LogP) is 2.08. The van der Waals surface area contributed by atoms with E-state index in [0.717, 1.165) is 12.0 Å². The highest BCUT2D eigenvalue weighted by molar-refractivity contribution is 5.77. The molecule has 0 spiro atoms. The highest BCUT2D eigenvalue weighted by Crippen LogP contribution is 2.18. The van der Waals surface area contributed by atoms with Crippen LogP contribution in [0.1, 0.15) is 32.8 Å². The zero-order chi connectivity index (χ0) is 14.3. The molecule has 0 fully saturated rings. The van der Waals surface area contributed by atoms with Gasteiger partial charge in [0.05, 0.1) is 0 Å². The van der Waals surface area contributed by atoms with Crippen molar-refractivity contribution in [2.75, 3.05) is 13.2 Å². The number of para-hydroxylation sites is 1. The van der Waals surface area contributed by atoms with Gasteiger partial charge in [-0.25, -0.2) is 0 Å². The van der Waals surface area contributed by atoms with Crippen molar-refractivity contribution >= 4 is 5.91 Å². The Labute approximate surface area is 115 Å². The lowest BCUT2D eigenvalue weighted by Crippen LogP contribution is -2.36. The second-order valence-corrected chi connectivity index (χ2v) is 5.40. The molecule has 1 rings (SSSR count). The minimum atomic E-state index is -0.103. The van der Waals surface area contributed by atoms with Gasteiger partial charge in [0.15, 0.2) is 6.61 Å². The Morgan fingerprint density at radius 3 is 2.68 bits per heavy atom. The van der Waals surface area contributed by atoms with Gasteiger partial charge in [0.1, 0.15) is 5.75 Å². The summed E-state index contributed by atoms with van der Waals surface area (Å²) in [6.45, 7) is 7.44. The molecule has 0 heterocycles. The maximum Gasteiger partial charge on any atom is 0.257 e. The first-order chi connectivity index (χ1) is 8.98. The smallest absolute Gasteiger partial charge is 0.257 e. The van der Waals surface area contributed by atoms with E-state index in [1.54, 1.807) is 0 Å². The van der Waals surface area contributed by atoms with Gasteiger partial charge in [0, 0.05) is 18.7 Å². The molecule has 1 aromatic carbocycles. The van der Waals surface area contributed by atoms with E-state index in [1.165, 1.54) is 0 Å². The van der Waals surface area contributed by atoms with Crippen LogP contribution in [0, 0.1) is 5.41 Å². The van der Waals surface area contributed by atoms with Gasteiger partial charge in [-0.2, -0.15) is 0 Å². The third-order valence-corrected chi connectivity index (χ3v) is 3.27. The minimum absolute atomic E-state index is 0.0246. The van der Waals surface area contributed by atoms with Crippen LogP contribution in [0.25, 0.3) is 0 Å². The summed E-state index contributed by atoms with van der Waals surface area (Å²) >= 11 is 0. The van der Waals surface area contributed by atoms with Crippen molar-refractivity contribution in [2.45, 2.75) is 33.7 Å². The molecule has 4 heteroatoms. The first-order valence-corrected chi connectivity index (χ1v) is 6.66. The summed E-state index contributed by atoms with van der Waals surface area (Å²) in [4.78, 5) is 11.7. The van der Waals surface area contributed by atoms with Gasteiger partial charge in [-0.05, 0) is 17.9 Å². The zero-order valence-electron chi connectivity index (χ0n) is 12.0. The molecule has 0 unspecified atom stereocenters. The number of rotatable bonds is 7. The van der Waals surface area contributed by atoms with Crippen LogP contribution in [-0.2, 0) is 11.3 Å². The molecule has 0 aliphatic rings. The molecule has 0 aliphatic carbocycles. The van der Waals surface area contributed by atoms with E-state index in [2.05, 4.69) is 26.1 Å². The Bertz CT molecular complexity index is 416. The van der Waals surface area contributed by atoms with Gasteiger partial charge in [-0.15, -0.1) is 0 Å². The molecule has 19 heavy (non-hydrogen) atoms. The highest BCUT2D eigenvalue weighted by atomic mass is 16.5. The van der Waals surface area contributed by atoms with Crippen LogP contribution in [0.15, 0.2) is 24.3 Å². The molecule has 3 N–H and O–H groups in total. The van der Waals surface area contributed by atoms with Gasteiger partial charge in [0.25, 0.3) is 5.91 Å². The monoisotopic (exact) mass is 264 g/mol. The van der Waals surface area contributed by atoms with Crippen molar-refractivity contribution in [1.29, 1.82) is 0 Å². The molecule has 1 amide bonds. The maximum atomic E-state index is 11.7.